The van der Waals surface area contributed by atoms with E-state index < -0.39 is 0 Å². The van der Waals surface area contributed by atoms with Crippen molar-refractivity contribution in [3.05, 3.63) is 71.8 Å². The number of hydrogen-bond donors (Lipinski definition) is 0. The molecule has 33 heavy (non-hydrogen) atoms. The highest BCUT2D eigenvalue weighted by molar-refractivity contribution is 6.22. The van der Waals surface area contributed by atoms with E-state index >= 15 is 0 Å². The Morgan fingerprint density at radius 1 is 0.848 bits per heavy atom. The maximum Gasteiger partial charge on any atom is 0.238 e. The maximum atomic E-state index is 13.3. The molecule has 1 saturated heterocycles. The molecule has 5 nitrogen and oxygen atoms in total. The van der Waals surface area contributed by atoms with E-state index in [-0.39, 0.29) is 53.1 Å². The normalized spacial score (nSPS) is 37.1. The number of ether oxygens (including phenoxy) is 1. The third-order valence-corrected chi connectivity index (χ3v) is 8.74. The van der Waals surface area contributed by atoms with Crippen molar-refractivity contribution in [2.24, 2.45) is 41.4 Å². The first-order valence-corrected chi connectivity index (χ1v) is 11.9. The van der Waals surface area contributed by atoms with Gasteiger partial charge in [0.1, 0.15) is 5.75 Å². The number of nitrogens with zero attached hydrogens (tertiary/aromatic N) is 1. The Morgan fingerprint density at radius 2 is 1.45 bits per heavy atom. The number of ketones is 1. The Balaban J connectivity index is 1.08. The summed E-state index contributed by atoms with van der Waals surface area (Å²) in [5, 5.41) is 0. The van der Waals surface area contributed by atoms with Gasteiger partial charge in [-0.25, -0.2) is 0 Å². The molecule has 0 radical (unpaired) electrons. The maximum absolute atomic E-state index is 13.3. The van der Waals surface area contributed by atoms with Gasteiger partial charge < -0.3 is 4.74 Å². The highest BCUT2D eigenvalue weighted by atomic mass is 16.5. The molecular weight excluding hydrogens is 414 g/mol. The summed E-state index contributed by atoms with van der Waals surface area (Å²) in [6, 6.07) is 15.0. The summed E-state index contributed by atoms with van der Waals surface area (Å²) in [5.74, 6) is 2.35. The van der Waals surface area contributed by atoms with Gasteiger partial charge in [0, 0.05) is 11.5 Å². The SMILES string of the molecule is COc1ccc(C(=O)C2CC2c2ccc(N3C(=O)[C@@H]4[C@@H]5C=CC([C@H]6CC65)[C@@H]4C3=O)cc2)cc1. The number of carbonyl (C=O) groups excluding carboxylic acids is 3. The smallest absolute Gasteiger partial charge is 0.238 e. The minimum absolute atomic E-state index is 0.0180. The predicted molar refractivity (Wildman–Crippen MR) is 122 cm³/mol. The molecule has 1 aliphatic heterocycles. The van der Waals surface area contributed by atoms with Crippen LogP contribution in [0, 0.1) is 41.4 Å². The molecule has 8 rings (SSSR count). The van der Waals surface area contributed by atoms with Crippen molar-refractivity contribution < 1.29 is 19.1 Å². The summed E-state index contributed by atoms with van der Waals surface area (Å²) >= 11 is 0. The van der Waals surface area contributed by atoms with Crippen LogP contribution in [0.3, 0.4) is 0 Å². The number of methoxy groups -OCH3 is 1. The fourth-order valence-electron chi connectivity index (χ4n) is 6.90. The van der Waals surface area contributed by atoms with E-state index in [4.69, 9.17) is 4.74 Å². The first-order chi connectivity index (χ1) is 16.1. The Kier molecular flexibility index (Phi) is 3.89. The highest BCUT2D eigenvalue weighted by Gasteiger charge is 2.67. The average molecular weight is 440 g/mol. The van der Waals surface area contributed by atoms with Crippen LogP contribution >= 0.6 is 0 Å². The highest BCUT2D eigenvalue weighted by Crippen LogP contribution is 2.65. The molecule has 2 amide bonds. The second-order valence-corrected chi connectivity index (χ2v) is 10.3. The number of imide groups is 1. The number of carbonyl (C=O) groups is 3. The van der Waals surface area contributed by atoms with E-state index in [2.05, 4.69) is 12.2 Å². The van der Waals surface area contributed by atoms with Crippen LogP contribution in [0.15, 0.2) is 60.7 Å². The number of anilines is 1. The number of allylic oxidation sites excluding steroid dienone is 2. The van der Waals surface area contributed by atoms with Gasteiger partial charge in [0.15, 0.2) is 5.78 Å². The fourth-order valence-corrected chi connectivity index (χ4v) is 6.90. The minimum atomic E-state index is -0.175. The molecule has 166 valence electrons. The number of Topliss-reactive ketones (excluding diaryl/α,β-unsaturated/α-hetero) is 1. The molecular formula is C28H25NO4. The van der Waals surface area contributed by atoms with E-state index in [0.717, 1.165) is 17.7 Å². The summed E-state index contributed by atoms with van der Waals surface area (Å²) in [6.07, 6.45) is 6.39. The van der Waals surface area contributed by atoms with E-state index in [9.17, 15) is 14.4 Å². The van der Waals surface area contributed by atoms with Crippen LogP contribution in [-0.2, 0) is 9.59 Å². The zero-order valence-corrected chi connectivity index (χ0v) is 18.4. The van der Waals surface area contributed by atoms with Crippen molar-refractivity contribution in [3.8, 4) is 5.75 Å². The molecule has 1 heterocycles. The summed E-state index contributed by atoms with van der Waals surface area (Å²) in [5.41, 5.74) is 2.46. The van der Waals surface area contributed by atoms with Crippen LogP contribution < -0.4 is 9.64 Å². The first kappa shape index (κ1) is 19.3. The lowest BCUT2D eigenvalue weighted by molar-refractivity contribution is -0.124. The quantitative estimate of drug-likeness (QED) is 0.397. The van der Waals surface area contributed by atoms with Gasteiger partial charge in [-0.1, -0.05) is 24.3 Å². The van der Waals surface area contributed by atoms with Gasteiger partial charge in [0.05, 0.1) is 24.6 Å². The van der Waals surface area contributed by atoms with Gasteiger partial charge in [-0.15, -0.1) is 0 Å². The summed E-state index contributed by atoms with van der Waals surface area (Å²) in [4.78, 5) is 40.9. The summed E-state index contributed by atoms with van der Waals surface area (Å²) in [7, 11) is 1.61. The van der Waals surface area contributed by atoms with Gasteiger partial charge in [0.2, 0.25) is 11.8 Å². The monoisotopic (exact) mass is 439 g/mol. The second kappa shape index (κ2) is 6.66. The topological polar surface area (TPSA) is 63.7 Å². The molecule has 6 aliphatic rings. The second-order valence-electron chi connectivity index (χ2n) is 10.3. The van der Waals surface area contributed by atoms with E-state index in [1.54, 1.807) is 7.11 Å². The van der Waals surface area contributed by atoms with Crippen molar-refractivity contribution in [1.29, 1.82) is 0 Å². The van der Waals surface area contributed by atoms with Gasteiger partial charge in [-0.2, -0.15) is 0 Å². The molecule has 2 bridgehead atoms. The van der Waals surface area contributed by atoms with Crippen LogP contribution in [0.5, 0.6) is 5.75 Å². The lowest BCUT2D eigenvalue weighted by Crippen LogP contribution is -2.40. The summed E-state index contributed by atoms with van der Waals surface area (Å²) in [6.45, 7) is 0. The van der Waals surface area contributed by atoms with Gasteiger partial charge in [0.25, 0.3) is 0 Å². The first-order valence-electron chi connectivity index (χ1n) is 11.9. The Labute approximate surface area is 192 Å². The number of hydrogen-bond acceptors (Lipinski definition) is 4. The van der Waals surface area contributed by atoms with Crippen LogP contribution in [0.1, 0.15) is 34.7 Å². The van der Waals surface area contributed by atoms with Crippen molar-refractivity contribution in [2.45, 2.75) is 18.8 Å². The molecule has 2 aromatic rings. The predicted octanol–water partition coefficient (Wildman–Crippen LogP) is 4.24. The zero-order valence-electron chi connectivity index (χ0n) is 18.4. The van der Waals surface area contributed by atoms with Gasteiger partial charge in [-0.05, 0) is 84.4 Å². The molecule has 0 aromatic heterocycles. The molecule has 8 atom stereocenters. The number of rotatable bonds is 5. The lowest BCUT2D eigenvalue weighted by atomic mass is 9.63. The molecule has 4 unspecified atom stereocenters. The van der Waals surface area contributed by atoms with E-state index in [1.807, 2.05) is 48.5 Å². The van der Waals surface area contributed by atoms with Crippen molar-refractivity contribution in [3.63, 3.8) is 0 Å². The van der Waals surface area contributed by atoms with Crippen molar-refractivity contribution in [2.75, 3.05) is 12.0 Å². The van der Waals surface area contributed by atoms with Crippen molar-refractivity contribution in [1.82, 2.24) is 0 Å². The fraction of sp³-hybridized carbons (Fsp3) is 0.393. The standard InChI is InChI=1S/C28H25NO4/c1-33-17-8-4-15(5-9-17)26(30)23-12-20(23)14-2-6-16(7-3-14)29-27(31)24-18-10-11-19(22-13-21(18)22)25(24)28(29)32/h2-11,18-25H,12-13H2,1H3/t18-,19?,20?,21?,22-,23?,24-,25+/m1/s1. The Bertz CT molecular complexity index is 1180. The molecule has 5 aliphatic carbocycles. The van der Waals surface area contributed by atoms with E-state index in [0.29, 0.717) is 23.1 Å². The van der Waals surface area contributed by atoms with Gasteiger partial charge >= 0.3 is 0 Å². The van der Waals surface area contributed by atoms with Crippen LogP contribution in [0.4, 0.5) is 5.69 Å². The van der Waals surface area contributed by atoms with Crippen LogP contribution in [0.2, 0.25) is 0 Å². The third-order valence-electron chi connectivity index (χ3n) is 8.74. The largest absolute Gasteiger partial charge is 0.497 e. The van der Waals surface area contributed by atoms with Crippen LogP contribution in [0.25, 0.3) is 0 Å². The lowest BCUT2D eigenvalue weighted by Gasteiger charge is -2.37. The van der Waals surface area contributed by atoms with Gasteiger partial charge in [-0.3, -0.25) is 19.3 Å². The van der Waals surface area contributed by atoms with Crippen molar-refractivity contribution >= 4 is 23.3 Å². The molecule has 0 spiro atoms. The molecule has 2 aromatic carbocycles. The minimum Gasteiger partial charge on any atom is -0.497 e. The molecule has 3 saturated carbocycles. The third kappa shape index (κ3) is 2.68. The molecule has 5 heteroatoms. The number of benzene rings is 2. The average Bonchev–Trinajstić information content (AvgIpc) is 3.77. The zero-order chi connectivity index (χ0) is 22.4. The molecule has 0 N–H and O–H groups in total. The number of amides is 2. The molecule has 4 fully saturated rings. The van der Waals surface area contributed by atoms with E-state index in [1.165, 1.54) is 11.3 Å². The Hall–Kier alpha value is -3.21. The van der Waals surface area contributed by atoms with Crippen LogP contribution in [-0.4, -0.2) is 24.7 Å². The Morgan fingerprint density at radius 3 is 2.03 bits per heavy atom. The summed E-state index contributed by atoms with van der Waals surface area (Å²) < 4.78 is 5.17.